The lowest BCUT2D eigenvalue weighted by molar-refractivity contribution is 0.214. The Bertz CT molecular complexity index is 885. The summed E-state index contributed by atoms with van der Waals surface area (Å²) in [4.78, 5) is 16.0. The van der Waals surface area contributed by atoms with Crippen LogP contribution in [0.2, 0.25) is 0 Å². The Morgan fingerprint density at radius 1 is 1.15 bits per heavy atom. The minimum absolute atomic E-state index is 0.0147. The highest BCUT2D eigenvalue weighted by Crippen LogP contribution is 2.27. The van der Waals surface area contributed by atoms with E-state index in [-0.39, 0.29) is 12.1 Å². The lowest BCUT2D eigenvalue weighted by Crippen LogP contribution is -2.40. The molecule has 2 heterocycles. The average molecular weight is 363 g/mol. The Labute approximate surface area is 157 Å². The predicted octanol–water partition coefficient (Wildman–Crippen LogP) is 2.13. The Hall–Kier alpha value is -3.35. The van der Waals surface area contributed by atoms with Gasteiger partial charge in [0.15, 0.2) is 0 Å². The van der Waals surface area contributed by atoms with E-state index < -0.39 is 0 Å². The van der Waals surface area contributed by atoms with Crippen LogP contribution in [0.3, 0.4) is 0 Å². The maximum atomic E-state index is 12.1. The standard InChI is InChI=1S/C20H21N5O2/c26-20(23-11-18-9-17-6-1-2-7-19(17)27-18)22-10-15-4-3-5-16(8-15)12-25-14-21-13-24-25/h1-8,13-14,18H,9-12H2,(H2,22,23,26). The lowest BCUT2D eigenvalue weighted by Gasteiger charge is -2.13. The summed E-state index contributed by atoms with van der Waals surface area (Å²) < 4.78 is 7.59. The Morgan fingerprint density at radius 2 is 2.04 bits per heavy atom. The molecule has 3 aromatic rings. The van der Waals surface area contributed by atoms with Gasteiger partial charge in [-0.3, -0.25) is 0 Å². The van der Waals surface area contributed by atoms with Crippen LogP contribution >= 0.6 is 0 Å². The van der Waals surface area contributed by atoms with E-state index >= 15 is 0 Å². The predicted molar refractivity (Wildman–Crippen MR) is 100 cm³/mol. The molecule has 0 radical (unpaired) electrons. The molecule has 2 N–H and O–H groups in total. The third-order valence-corrected chi connectivity index (χ3v) is 4.46. The fourth-order valence-electron chi connectivity index (χ4n) is 3.16. The fourth-order valence-corrected chi connectivity index (χ4v) is 3.16. The zero-order chi connectivity index (χ0) is 18.5. The van der Waals surface area contributed by atoms with Gasteiger partial charge in [-0.15, -0.1) is 0 Å². The SMILES string of the molecule is O=C(NCc1cccc(Cn2cncn2)c1)NCC1Cc2ccccc2O1. The van der Waals surface area contributed by atoms with Gasteiger partial charge in [-0.25, -0.2) is 14.5 Å². The number of hydrogen-bond acceptors (Lipinski definition) is 4. The van der Waals surface area contributed by atoms with Crippen molar-refractivity contribution >= 4 is 6.03 Å². The number of aromatic nitrogens is 3. The highest BCUT2D eigenvalue weighted by Gasteiger charge is 2.22. The molecule has 0 spiro atoms. The number of carbonyl (C=O) groups excluding carboxylic acids is 1. The van der Waals surface area contributed by atoms with E-state index in [1.165, 1.54) is 11.9 Å². The quantitative estimate of drug-likeness (QED) is 0.703. The largest absolute Gasteiger partial charge is 0.488 e. The second kappa shape index (κ2) is 7.90. The van der Waals surface area contributed by atoms with Crippen molar-refractivity contribution in [1.29, 1.82) is 0 Å². The number of nitrogens with one attached hydrogen (secondary N) is 2. The number of urea groups is 1. The van der Waals surface area contributed by atoms with Crippen molar-refractivity contribution in [2.75, 3.05) is 6.54 Å². The van der Waals surface area contributed by atoms with Crippen molar-refractivity contribution in [2.24, 2.45) is 0 Å². The van der Waals surface area contributed by atoms with Crippen LogP contribution < -0.4 is 15.4 Å². The number of para-hydroxylation sites is 1. The molecule has 0 aliphatic carbocycles. The van der Waals surface area contributed by atoms with Crippen molar-refractivity contribution in [3.8, 4) is 5.75 Å². The van der Waals surface area contributed by atoms with Crippen LogP contribution in [0.25, 0.3) is 0 Å². The molecule has 4 rings (SSSR count). The molecule has 1 atom stereocenters. The smallest absolute Gasteiger partial charge is 0.315 e. The van der Waals surface area contributed by atoms with Gasteiger partial charge in [0.05, 0.1) is 13.1 Å². The second-order valence-corrected chi connectivity index (χ2v) is 6.53. The number of amides is 2. The molecule has 0 bridgehead atoms. The number of nitrogens with zero attached hydrogens (tertiary/aromatic N) is 3. The number of benzene rings is 2. The van der Waals surface area contributed by atoms with Gasteiger partial charge in [-0.2, -0.15) is 5.10 Å². The molecular formula is C20H21N5O2. The van der Waals surface area contributed by atoms with Crippen molar-refractivity contribution in [3.63, 3.8) is 0 Å². The molecule has 7 nitrogen and oxygen atoms in total. The van der Waals surface area contributed by atoms with Crippen LogP contribution in [0, 0.1) is 0 Å². The first-order chi connectivity index (χ1) is 13.3. The summed E-state index contributed by atoms with van der Waals surface area (Å²) in [6, 6.07) is 15.8. The van der Waals surface area contributed by atoms with Gasteiger partial charge >= 0.3 is 6.03 Å². The van der Waals surface area contributed by atoms with Crippen LogP contribution in [-0.4, -0.2) is 33.4 Å². The minimum atomic E-state index is -0.198. The van der Waals surface area contributed by atoms with Gasteiger partial charge in [-0.05, 0) is 22.8 Å². The number of rotatable bonds is 6. The van der Waals surface area contributed by atoms with E-state index in [1.807, 2.05) is 36.4 Å². The summed E-state index contributed by atoms with van der Waals surface area (Å²) in [6.07, 6.45) is 4.00. The first kappa shape index (κ1) is 17.1. The second-order valence-electron chi connectivity index (χ2n) is 6.53. The molecule has 1 aliphatic heterocycles. The maximum absolute atomic E-state index is 12.1. The highest BCUT2D eigenvalue weighted by molar-refractivity contribution is 5.73. The van der Waals surface area contributed by atoms with Crippen LogP contribution in [0.4, 0.5) is 4.79 Å². The first-order valence-corrected chi connectivity index (χ1v) is 8.93. The number of ether oxygens (including phenoxy) is 1. The molecule has 1 aromatic heterocycles. The number of hydrogen-bond donors (Lipinski definition) is 2. The summed E-state index contributed by atoms with van der Waals surface area (Å²) in [6.45, 7) is 1.59. The van der Waals surface area contributed by atoms with Crippen molar-refractivity contribution in [1.82, 2.24) is 25.4 Å². The van der Waals surface area contributed by atoms with Gasteiger partial charge in [0.1, 0.15) is 24.5 Å². The third kappa shape index (κ3) is 4.44. The molecule has 7 heteroatoms. The van der Waals surface area contributed by atoms with Crippen molar-refractivity contribution in [3.05, 3.63) is 77.9 Å². The first-order valence-electron chi connectivity index (χ1n) is 8.93. The van der Waals surface area contributed by atoms with Crippen LogP contribution in [-0.2, 0) is 19.5 Å². The Morgan fingerprint density at radius 3 is 2.89 bits per heavy atom. The normalized spacial score (nSPS) is 15.0. The molecule has 0 fully saturated rings. The molecule has 0 saturated heterocycles. The van der Waals surface area contributed by atoms with E-state index in [1.54, 1.807) is 11.0 Å². The van der Waals surface area contributed by atoms with Crippen LogP contribution in [0.1, 0.15) is 16.7 Å². The average Bonchev–Trinajstić information content (AvgIpc) is 3.34. The third-order valence-electron chi connectivity index (χ3n) is 4.46. The maximum Gasteiger partial charge on any atom is 0.315 e. The van der Waals surface area contributed by atoms with Crippen LogP contribution in [0.5, 0.6) is 5.75 Å². The van der Waals surface area contributed by atoms with Gasteiger partial charge < -0.3 is 15.4 Å². The Kier molecular flexibility index (Phi) is 5.00. The molecule has 1 unspecified atom stereocenters. The van der Waals surface area contributed by atoms with Crippen LogP contribution in [0.15, 0.2) is 61.2 Å². The summed E-state index contributed by atoms with van der Waals surface area (Å²) in [7, 11) is 0. The molecule has 1 aliphatic rings. The number of fused-ring (bicyclic) bond motifs is 1. The zero-order valence-corrected chi connectivity index (χ0v) is 14.8. The highest BCUT2D eigenvalue weighted by atomic mass is 16.5. The zero-order valence-electron chi connectivity index (χ0n) is 14.8. The summed E-state index contributed by atoms with van der Waals surface area (Å²) in [5.41, 5.74) is 3.33. The number of carbonyl (C=O) groups is 1. The Balaban J connectivity index is 1.23. The van der Waals surface area contributed by atoms with Gasteiger partial charge in [0.25, 0.3) is 0 Å². The van der Waals surface area contributed by atoms with E-state index in [2.05, 4.69) is 32.8 Å². The van der Waals surface area contributed by atoms with E-state index in [0.29, 0.717) is 19.6 Å². The van der Waals surface area contributed by atoms with Crippen molar-refractivity contribution < 1.29 is 9.53 Å². The summed E-state index contributed by atoms with van der Waals surface area (Å²) >= 11 is 0. The van der Waals surface area contributed by atoms with E-state index in [9.17, 15) is 4.79 Å². The molecule has 2 aromatic carbocycles. The van der Waals surface area contributed by atoms with E-state index in [0.717, 1.165) is 23.3 Å². The monoisotopic (exact) mass is 363 g/mol. The molecule has 138 valence electrons. The summed E-state index contributed by atoms with van der Waals surface area (Å²) in [5.74, 6) is 0.911. The topological polar surface area (TPSA) is 81.1 Å². The summed E-state index contributed by atoms with van der Waals surface area (Å²) in [5, 5.41) is 9.88. The lowest BCUT2D eigenvalue weighted by atomic mass is 10.1. The molecule has 27 heavy (non-hydrogen) atoms. The molecule has 0 saturated carbocycles. The van der Waals surface area contributed by atoms with Gasteiger partial charge in [0, 0.05) is 13.0 Å². The minimum Gasteiger partial charge on any atom is -0.488 e. The van der Waals surface area contributed by atoms with Gasteiger partial charge in [0.2, 0.25) is 0 Å². The van der Waals surface area contributed by atoms with E-state index in [4.69, 9.17) is 4.74 Å². The van der Waals surface area contributed by atoms with Gasteiger partial charge in [-0.1, -0.05) is 42.5 Å². The van der Waals surface area contributed by atoms with Crippen molar-refractivity contribution in [2.45, 2.75) is 25.6 Å². The fraction of sp³-hybridized carbons (Fsp3) is 0.250. The molecular weight excluding hydrogens is 342 g/mol. The molecule has 2 amide bonds.